The number of aromatic nitrogens is 1. The molecule has 0 fully saturated rings. The number of amides is 1. The molecule has 37 heavy (non-hydrogen) atoms. The SMILES string of the molecule is O=C(NCc1ccc(C(F)(F)F)nc1)c1ccc(N(CCC(O)Cc2cccc(Cl)c2Cl)S(=O)[O-])cc1. The van der Waals surface area contributed by atoms with Crippen molar-refractivity contribution in [3.8, 4) is 0 Å². The first-order chi connectivity index (χ1) is 17.5. The van der Waals surface area contributed by atoms with Crippen LogP contribution in [0, 0.1) is 0 Å². The lowest BCUT2D eigenvalue weighted by Gasteiger charge is -2.27. The fourth-order valence-corrected chi connectivity index (χ4v) is 4.32. The summed E-state index contributed by atoms with van der Waals surface area (Å²) >= 11 is 9.48. The van der Waals surface area contributed by atoms with Crippen LogP contribution in [-0.4, -0.2) is 37.4 Å². The molecule has 0 aliphatic rings. The third-order valence-electron chi connectivity index (χ3n) is 5.32. The summed E-state index contributed by atoms with van der Waals surface area (Å²) < 4.78 is 62.4. The summed E-state index contributed by atoms with van der Waals surface area (Å²) in [5.41, 5.74) is 0.488. The Morgan fingerprint density at radius 1 is 1.14 bits per heavy atom. The molecule has 0 radical (unpaired) electrons. The molecule has 2 aromatic carbocycles. The zero-order valence-electron chi connectivity index (χ0n) is 19.0. The summed E-state index contributed by atoms with van der Waals surface area (Å²) in [6, 6.07) is 12.8. The van der Waals surface area contributed by atoms with E-state index in [1.54, 1.807) is 18.2 Å². The van der Waals surface area contributed by atoms with Gasteiger partial charge in [0.1, 0.15) is 5.69 Å². The summed E-state index contributed by atoms with van der Waals surface area (Å²) in [6.45, 7) is -0.0706. The fourth-order valence-electron chi connectivity index (χ4n) is 3.38. The summed E-state index contributed by atoms with van der Waals surface area (Å²) in [5.74, 6) is -0.505. The summed E-state index contributed by atoms with van der Waals surface area (Å²) in [7, 11) is 0. The summed E-state index contributed by atoms with van der Waals surface area (Å²) in [6.07, 6.45) is -4.10. The maximum atomic E-state index is 12.6. The Morgan fingerprint density at radius 3 is 2.43 bits per heavy atom. The van der Waals surface area contributed by atoms with Gasteiger partial charge in [-0.1, -0.05) is 41.4 Å². The van der Waals surface area contributed by atoms with Crippen LogP contribution in [0.1, 0.15) is 33.6 Å². The number of benzene rings is 2. The van der Waals surface area contributed by atoms with E-state index in [-0.39, 0.29) is 37.2 Å². The lowest BCUT2D eigenvalue weighted by atomic mass is 10.1. The molecular weight excluding hydrogens is 554 g/mol. The average Bonchev–Trinajstić information content (AvgIpc) is 2.85. The van der Waals surface area contributed by atoms with Crippen LogP contribution >= 0.6 is 23.2 Å². The standard InChI is InChI=1S/C24H22Cl2F3N3O4S/c25-20-3-1-2-17(22(20)26)12-19(33)10-11-32(37(35)36)18-7-5-16(6-8-18)23(34)31-14-15-4-9-21(30-13-15)24(27,28)29/h1-9,13,19,33H,10-12,14H2,(H,31,34)(H,35,36)/p-1. The largest absolute Gasteiger partial charge is 0.755 e. The van der Waals surface area contributed by atoms with E-state index < -0.39 is 35.1 Å². The van der Waals surface area contributed by atoms with Crippen molar-refractivity contribution in [3.63, 3.8) is 0 Å². The lowest BCUT2D eigenvalue weighted by molar-refractivity contribution is -0.141. The van der Waals surface area contributed by atoms with Crippen LogP contribution < -0.4 is 9.62 Å². The Hall–Kier alpha value is -2.70. The monoisotopic (exact) mass is 574 g/mol. The second-order valence-electron chi connectivity index (χ2n) is 7.96. The van der Waals surface area contributed by atoms with Crippen molar-refractivity contribution in [2.45, 2.75) is 31.7 Å². The van der Waals surface area contributed by atoms with Gasteiger partial charge in [-0.25, -0.2) is 0 Å². The van der Waals surface area contributed by atoms with Gasteiger partial charge in [-0.05, 0) is 60.4 Å². The highest BCUT2D eigenvalue weighted by atomic mass is 35.5. The fraction of sp³-hybridized carbons (Fsp3) is 0.250. The van der Waals surface area contributed by atoms with E-state index in [4.69, 9.17) is 23.2 Å². The highest BCUT2D eigenvalue weighted by molar-refractivity contribution is 7.80. The number of anilines is 1. The zero-order valence-corrected chi connectivity index (χ0v) is 21.4. The number of halogens is 5. The van der Waals surface area contributed by atoms with Crippen LogP contribution in [0.5, 0.6) is 0 Å². The molecule has 1 heterocycles. The maximum Gasteiger partial charge on any atom is 0.433 e. The van der Waals surface area contributed by atoms with E-state index in [0.717, 1.165) is 16.6 Å². The Labute approximate surface area is 223 Å². The molecular formula is C24H21Cl2F3N3O4S-. The van der Waals surface area contributed by atoms with Crippen molar-refractivity contribution in [1.82, 2.24) is 10.3 Å². The number of alkyl halides is 3. The van der Waals surface area contributed by atoms with Gasteiger partial charge in [-0.3, -0.25) is 14.0 Å². The van der Waals surface area contributed by atoms with Crippen LogP contribution in [0.15, 0.2) is 60.8 Å². The van der Waals surface area contributed by atoms with Crippen molar-refractivity contribution >= 4 is 46.1 Å². The van der Waals surface area contributed by atoms with Crippen LogP contribution in [0.25, 0.3) is 0 Å². The van der Waals surface area contributed by atoms with Gasteiger partial charge in [0.25, 0.3) is 5.91 Å². The minimum absolute atomic E-state index is 0.0259. The van der Waals surface area contributed by atoms with E-state index in [9.17, 15) is 31.8 Å². The van der Waals surface area contributed by atoms with E-state index >= 15 is 0 Å². The first-order valence-electron chi connectivity index (χ1n) is 10.8. The Kier molecular flexibility index (Phi) is 9.91. The quantitative estimate of drug-likeness (QED) is 0.334. The van der Waals surface area contributed by atoms with Gasteiger partial charge in [0, 0.05) is 41.8 Å². The molecule has 1 aromatic heterocycles. The van der Waals surface area contributed by atoms with Crippen LogP contribution in [0.4, 0.5) is 18.9 Å². The van der Waals surface area contributed by atoms with E-state index in [2.05, 4.69) is 10.3 Å². The molecule has 0 aliphatic heterocycles. The van der Waals surface area contributed by atoms with E-state index in [1.165, 1.54) is 30.3 Å². The zero-order chi connectivity index (χ0) is 27.2. The van der Waals surface area contributed by atoms with Crippen molar-refractivity contribution in [2.75, 3.05) is 10.8 Å². The van der Waals surface area contributed by atoms with Crippen molar-refractivity contribution in [2.24, 2.45) is 0 Å². The van der Waals surface area contributed by atoms with E-state index in [0.29, 0.717) is 21.2 Å². The number of carbonyl (C=O) groups excluding carboxylic acids is 1. The molecule has 1 amide bonds. The molecule has 198 valence electrons. The minimum atomic E-state index is -4.55. The number of pyridine rings is 1. The summed E-state index contributed by atoms with van der Waals surface area (Å²) in [4.78, 5) is 15.7. The predicted molar refractivity (Wildman–Crippen MR) is 134 cm³/mol. The molecule has 0 aliphatic carbocycles. The number of rotatable bonds is 10. The Balaban J connectivity index is 1.56. The van der Waals surface area contributed by atoms with Gasteiger partial charge in [0.15, 0.2) is 0 Å². The van der Waals surface area contributed by atoms with Crippen molar-refractivity contribution < 1.29 is 31.8 Å². The number of nitrogens with zero attached hydrogens (tertiary/aromatic N) is 2. The number of aliphatic hydroxyl groups is 1. The smallest absolute Gasteiger partial charge is 0.433 e. The third kappa shape index (κ3) is 8.14. The molecule has 0 bridgehead atoms. The van der Waals surface area contributed by atoms with Crippen LogP contribution in [-0.2, 0) is 30.4 Å². The normalized spacial score (nSPS) is 13.2. The van der Waals surface area contributed by atoms with Crippen LogP contribution in [0.2, 0.25) is 10.0 Å². The predicted octanol–water partition coefficient (Wildman–Crippen LogP) is 4.93. The number of hydrogen-bond donors (Lipinski definition) is 2. The maximum absolute atomic E-state index is 12.6. The molecule has 2 atom stereocenters. The third-order valence-corrected chi connectivity index (χ3v) is 6.93. The number of hydrogen-bond acceptors (Lipinski definition) is 5. The Morgan fingerprint density at radius 2 is 1.84 bits per heavy atom. The highest BCUT2D eigenvalue weighted by Gasteiger charge is 2.32. The molecule has 7 nitrogen and oxygen atoms in total. The molecule has 3 aromatic rings. The van der Waals surface area contributed by atoms with Gasteiger partial charge < -0.3 is 19.3 Å². The topological polar surface area (TPSA) is 106 Å². The molecule has 0 saturated heterocycles. The molecule has 0 spiro atoms. The molecule has 3 rings (SSSR count). The van der Waals surface area contributed by atoms with Gasteiger partial charge >= 0.3 is 6.18 Å². The van der Waals surface area contributed by atoms with Gasteiger partial charge in [-0.15, -0.1) is 0 Å². The number of nitrogens with one attached hydrogen (secondary N) is 1. The summed E-state index contributed by atoms with van der Waals surface area (Å²) in [5, 5.41) is 13.6. The average molecular weight is 575 g/mol. The second kappa shape index (κ2) is 12.7. The molecule has 13 heteroatoms. The van der Waals surface area contributed by atoms with Crippen molar-refractivity contribution in [3.05, 3.63) is 93.2 Å². The lowest BCUT2D eigenvalue weighted by Crippen LogP contribution is -2.30. The molecule has 0 saturated carbocycles. The second-order valence-corrected chi connectivity index (χ2v) is 9.62. The van der Waals surface area contributed by atoms with E-state index in [1.807, 2.05) is 0 Å². The number of aliphatic hydroxyl groups excluding tert-OH is 1. The van der Waals surface area contributed by atoms with Gasteiger partial charge in [0.2, 0.25) is 0 Å². The Bertz CT molecular complexity index is 1250. The van der Waals surface area contributed by atoms with Crippen LogP contribution in [0.3, 0.4) is 0 Å². The van der Waals surface area contributed by atoms with Crippen molar-refractivity contribution in [1.29, 1.82) is 0 Å². The van der Waals surface area contributed by atoms with Gasteiger partial charge in [0.05, 0.1) is 16.1 Å². The molecule has 2 N–H and O–H groups in total. The molecule has 2 unspecified atom stereocenters. The number of carbonyl (C=O) groups is 1. The minimum Gasteiger partial charge on any atom is -0.755 e. The highest BCUT2D eigenvalue weighted by Crippen LogP contribution is 2.28. The first-order valence-corrected chi connectivity index (χ1v) is 12.6. The first kappa shape index (κ1) is 28.9. The van der Waals surface area contributed by atoms with Gasteiger partial charge in [-0.2, -0.15) is 13.2 Å².